The number of carboxylic acid groups (broad SMARTS) is 1. The van der Waals surface area contributed by atoms with E-state index in [-0.39, 0.29) is 5.56 Å². The van der Waals surface area contributed by atoms with Gasteiger partial charge in [0.1, 0.15) is 0 Å². The average molecular weight is 441 g/mol. The van der Waals surface area contributed by atoms with Crippen molar-refractivity contribution in [2.75, 3.05) is 0 Å². The van der Waals surface area contributed by atoms with E-state index in [1.807, 2.05) is 60.7 Å². The highest BCUT2D eigenvalue weighted by Crippen LogP contribution is 2.36. The number of aromatic nitrogens is 4. The van der Waals surface area contributed by atoms with Crippen LogP contribution in [0.5, 0.6) is 0 Å². The Morgan fingerprint density at radius 3 is 2.34 bits per heavy atom. The number of nitrogens with zero attached hydrogens (tertiary/aromatic N) is 4. The third-order valence-electron chi connectivity index (χ3n) is 5.29. The van der Waals surface area contributed by atoms with Gasteiger partial charge in [-0.2, -0.15) is 5.10 Å². The molecule has 0 aliphatic carbocycles. The Bertz CT molecular complexity index is 1450. The Hall–Kier alpha value is -4.03. The van der Waals surface area contributed by atoms with Crippen LogP contribution in [-0.4, -0.2) is 30.8 Å². The quantitative estimate of drug-likeness (QED) is 0.387. The molecule has 0 amide bonds. The molecule has 0 saturated carbocycles. The lowest BCUT2D eigenvalue weighted by atomic mass is 9.96. The molecule has 0 aliphatic heterocycles. The van der Waals surface area contributed by atoms with Crippen molar-refractivity contribution in [1.82, 2.24) is 19.7 Å². The summed E-state index contributed by atoms with van der Waals surface area (Å²) in [6, 6.07) is 20.6. The Kier molecular flexibility index (Phi) is 5.13. The third-order valence-corrected chi connectivity index (χ3v) is 5.62. The second-order valence-corrected chi connectivity index (χ2v) is 7.69. The summed E-state index contributed by atoms with van der Waals surface area (Å²) in [6.45, 7) is 0.452. The highest BCUT2D eigenvalue weighted by atomic mass is 35.5. The van der Waals surface area contributed by atoms with E-state index in [2.05, 4.69) is 10.1 Å². The van der Waals surface area contributed by atoms with Crippen LogP contribution in [0, 0.1) is 0 Å². The van der Waals surface area contributed by atoms with Crippen LogP contribution < -0.4 is 0 Å². The van der Waals surface area contributed by atoms with Gasteiger partial charge in [0.2, 0.25) is 0 Å². The first kappa shape index (κ1) is 19.9. The van der Waals surface area contributed by atoms with Crippen LogP contribution in [-0.2, 0) is 6.54 Å². The second kappa shape index (κ2) is 8.24. The molecule has 2 aromatic carbocycles. The summed E-state index contributed by atoms with van der Waals surface area (Å²) >= 11 is 6.46. The lowest BCUT2D eigenvalue weighted by molar-refractivity contribution is 0.0699. The van der Waals surface area contributed by atoms with Crippen molar-refractivity contribution in [2.45, 2.75) is 6.54 Å². The number of hydrogen-bond acceptors (Lipinski definition) is 4. The largest absolute Gasteiger partial charge is 0.478 e. The van der Waals surface area contributed by atoms with Gasteiger partial charge in [0.25, 0.3) is 0 Å². The minimum atomic E-state index is -1.03. The maximum absolute atomic E-state index is 12.1. The second-order valence-electron chi connectivity index (χ2n) is 7.28. The Balaban J connectivity index is 1.72. The SMILES string of the molecule is O=C(O)c1cc(-c2ccccc2-c2ccccc2Cl)nc2c1cnn2Cc1ccncc1. The number of carboxylic acids is 1. The molecule has 0 spiro atoms. The molecule has 0 aliphatic rings. The molecule has 5 rings (SSSR count). The topological polar surface area (TPSA) is 80.9 Å². The summed E-state index contributed by atoms with van der Waals surface area (Å²) in [4.78, 5) is 21.0. The van der Waals surface area contributed by atoms with E-state index in [1.165, 1.54) is 0 Å². The van der Waals surface area contributed by atoms with Gasteiger partial charge >= 0.3 is 5.97 Å². The molecule has 6 nitrogen and oxygen atoms in total. The Morgan fingerprint density at radius 2 is 1.62 bits per heavy atom. The molecular formula is C25H17ClN4O2. The molecule has 0 radical (unpaired) electrons. The predicted octanol–water partition coefficient (Wildman–Crippen LogP) is 5.56. The summed E-state index contributed by atoms with van der Waals surface area (Å²) in [6.07, 6.45) is 4.97. The molecule has 7 heteroatoms. The zero-order chi connectivity index (χ0) is 22.1. The first-order valence-corrected chi connectivity index (χ1v) is 10.3. The van der Waals surface area contributed by atoms with Gasteiger partial charge in [0, 0.05) is 28.5 Å². The molecule has 0 fully saturated rings. The van der Waals surface area contributed by atoms with E-state index in [4.69, 9.17) is 16.6 Å². The molecular weight excluding hydrogens is 424 g/mol. The third kappa shape index (κ3) is 3.61. The highest BCUT2D eigenvalue weighted by molar-refractivity contribution is 6.33. The number of hydrogen-bond donors (Lipinski definition) is 1. The van der Waals surface area contributed by atoms with Crippen molar-refractivity contribution in [1.29, 1.82) is 0 Å². The number of fused-ring (bicyclic) bond motifs is 1. The lowest BCUT2D eigenvalue weighted by Crippen LogP contribution is -2.05. The lowest BCUT2D eigenvalue weighted by Gasteiger charge is -2.12. The normalized spacial score (nSPS) is 11.0. The van der Waals surface area contributed by atoms with Crippen molar-refractivity contribution in [3.05, 3.63) is 101 Å². The van der Waals surface area contributed by atoms with E-state index >= 15 is 0 Å². The van der Waals surface area contributed by atoms with Crippen molar-refractivity contribution in [3.8, 4) is 22.4 Å². The van der Waals surface area contributed by atoms with E-state index < -0.39 is 5.97 Å². The molecule has 0 bridgehead atoms. The fraction of sp³-hybridized carbons (Fsp3) is 0.0400. The van der Waals surface area contributed by atoms with Gasteiger partial charge in [0.05, 0.1) is 29.4 Å². The standard InChI is InChI=1S/C25H17ClN4O2/c26-22-8-4-3-6-18(22)17-5-1-2-7-19(17)23-13-20(25(31)32)21-14-28-30(24(21)29-23)15-16-9-11-27-12-10-16/h1-14H,15H2,(H,31,32). The van der Waals surface area contributed by atoms with Crippen LogP contribution in [0.1, 0.15) is 15.9 Å². The van der Waals surface area contributed by atoms with Gasteiger partial charge in [0.15, 0.2) is 5.65 Å². The molecule has 3 aromatic heterocycles. The molecule has 0 unspecified atom stereocenters. The van der Waals surface area contributed by atoms with Crippen LogP contribution in [0.4, 0.5) is 0 Å². The number of halogens is 1. The predicted molar refractivity (Wildman–Crippen MR) is 124 cm³/mol. The van der Waals surface area contributed by atoms with Gasteiger partial charge in [-0.05, 0) is 35.4 Å². The highest BCUT2D eigenvalue weighted by Gasteiger charge is 2.19. The van der Waals surface area contributed by atoms with Crippen molar-refractivity contribution >= 4 is 28.6 Å². The van der Waals surface area contributed by atoms with Crippen LogP contribution in [0.15, 0.2) is 85.3 Å². The first-order valence-electron chi connectivity index (χ1n) is 9.95. The summed E-state index contributed by atoms with van der Waals surface area (Å²) in [5, 5.41) is 15.4. The molecule has 3 heterocycles. The summed E-state index contributed by atoms with van der Waals surface area (Å²) in [5.41, 5.74) is 4.72. The molecule has 0 atom stereocenters. The minimum Gasteiger partial charge on any atom is -0.478 e. The number of aromatic carboxylic acids is 1. The fourth-order valence-electron chi connectivity index (χ4n) is 3.76. The Morgan fingerprint density at radius 1 is 0.938 bits per heavy atom. The summed E-state index contributed by atoms with van der Waals surface area (Å²) in [7, 11) is 0. The van der Waals surface area contributed by atoms with Crippen LogP contribution in [0.25, 0.3) is 33.4 Å². The number of rotatable bonds is 5. The maximum Gasteiger partial charge on any atom is 0.336 e. The molecule has 5 aromatic rings. The summed E-state index contributed by atoms with van der Waals surface area (Å²) in [5.74, 6) is -1.03. The van der Waals surface area contributed by atoms with Gasteiger partial charge in [-0.25, -0.2) is 14.5 Å². The maximum atomic E-state index is 12.1. The van der Waals surface area contributed by atoms with Crippen molar-refractivity contribution in [3.63, 3.8) is 0 Å². The van der Waals surface area contributed by atoms with E-state index in [9.17, 15) is 9.90 Å². The smallest absolute Gasteiger partial charge is 0.336 e. The van der Waals surface area contributed by atoms with Gasteiger partial charge in [-0.1, -0.05) is 54.1 Å². The van der Waals surface area contributed by atoms with Gasteiger partial charge < -0.3 is 5.11 Å². The molecule has 1 N–H and O–H groups in total. The summed E-state index contributed by atoms with van der Waals surface area (Å²) < 4.78 is 1.71. The molecule has 0 saturated heterocycles. The van der Waals surface area contributed by atoms with Crippen molar-refractivity contribution in [2.24, 2.45) is 0 Å². The van der Waals surface area contributed by atoms with E-state index in [0.29, 0.717) is 28.3 Å². The monoisotopic (exact) mass is 440 g/mol. The van der Waals surface area contributed by atoms with Crippen molar-refractivity contribution < 1.29 is 9.90 Å². The zero-order valence-corrected chi connectivity index (χ0v) is 17.6. The number of pyridine rings is 2. The van der Waals surface area contributed by atoms with Gasteiger partial charge in [-0.15, -0.1) is 0 Å². The van der Waals surface area contributed by atoms with E-state index in [1.54, 1.807) is 29.3 Å². The minimum absolute atomic E-state index is 0.153. The Labute approximate surface area is 188 Å². The first-order chi connectivity index (χ1) is 15.6. The molecule has 32 heavy (non-hydrogen) atoms. The van der Waals surface area contributed by atoms with Crippen LogP contribution >= 0.6 is 11.6 Å². The average Bonchev–Trinajstić information content (AvgIpc) is 3.22. The van der Waals surface area contributed by atoms with E-state index in [0.717, 1.165) is 22.3 Å². The number of benzene rings is 2. The van der Waals surface area contributed by atoms with Crippen LogP contribution in [0.2, 0.25) is 5.02 Å². The number of carbonyl (C=O) groups is 1. The zero-order valence-electron chi connectivity index (χ0n) is 16.8. The molecule has 156 valence electrons. The fourth-order valence-corrected chi connectivity index (χ4v) is 4.00. The van der Waals surface area contributed by atoms with Gasteiger partial charge in [-0.3, -0.25) is 4.98 Å². The van der Waals surface area contributed by atoms with Crippen LogP contribution in [0.3, 0.4) is 0 Å².